The van der Waals surface area contributed by atoms with Crippen LogP contribution in [0.4, 0.5) is 0 Å². The largest absolute Gasteiger partial charge is 0.381 e. The first-order valence-corrected chi connectivity index (χ1v) is 4.56. The number of ketones is 1. The minimum Gasteiger partial charge on any atom is -0.381 e. The van der Waals surface area contributed by atoms with Crippen LogP contribution >= 0.6 is 0 Å². The van der Waals surface area contributed by atoms with E-state index < -0.39 is 0 Å². The minimum atomic E-state index is -0.257. The molecule has 0 spiro atoms. The van der Waals surface area contributed by atoms with Crippen LogP contribution in [-0.4, -0.2) is 25.5 Å². The van der Waals surface area contributed by atoms with E-state index in [0.29, 0.717) is 32.0 Å². The summed E-state index contributed by atoms with van der Waals surface area (Å²) in [5.41, 5.74) is 5.38. The summed E-state index contributed by atoms with van der Waals surface area (Å²) in [6, 6.07) is 0. The van der Waals surface area contributed by atoms with Gasteiger partial charge in [-0.1, -0.05) is 6.92 Å². The van der Waals surface area contributed by atoms with E-state index in [1.165, 1.54) is 0 Å². The average Bonchev–Trinajstić information content (AvgIpc) is 2.17. The van der Waals surface area contributed by atoms with Gasteiger partial charge in [-0.3, -0.25) is 4.79 Å². The summed E-state index contributed by atoms with van der Waals surface area (Å²) in [6.07, 6.45) is 2.20. The van der Waals surface area contributed by atoms with Gasteiger partial charge in [0.05, 0.1) is 0 Å². The van der Waals surface area contributed by atoms with Crippen molar-refractivity contribution in [3.05, 3.63) is 0 Å². The maximum absolute atomic E-state index is 11.6. The third kappa shape index (κ3) is 1.67. The van der Waals surface area contributed by atoms with Gasteiger partial charge < -0.3 is 10.5 Å². The van der Waals surface area contributed by atoms with Crippen molar-refractivity contribution in [3.63, 3.8) is 0 Å². The molecule has 0 aliphatic carbocycles. The van der Waals surface area contributed by atoms with Crippen molar-refractivity contribution < 1.29 is 9.53 Å². The molecule has 0 aromatic carbocycles. The molecule has 0 aromatic heterocycles. The molecule has 3 nitrogen and oxygen atoms in total. The molecule has 0 unspecified atom stereocenters. The highest BCUT2D eigenvalue weighted by molar-refractivity contribution is 5.84. The first kappa shape index (κ1) is 9.68. The van der Waals surface area contributed by atoms with E-state index in [1.807, 2.05) is 6.92 Å². The zero-order valence-corrected chi connectivity index (χ0v) is 7.64. The lowest BCUT2D eigenvalue weighted by molar-refractivity contribution is -0.133. The second-order valence-corrected chi connectivity index (χ2v) is 3.37. The van der Waals surface area contributed by atoms with Crippen LogP contribution in [0.3, 0.4) is 0 Å². The lowest BCUT2D eigenvalue weighted by Gasteiger charge is -2.34. The van der Waals surface area contributed by atoms with Crippen LogP contribution in [0.5, 0.6) is 0 Å². The Bertz CT molecular complexity index is 162. The van der Waals surface area contributed by atoms with Gasteiger partial charge in [0, 0.05) is 31.6 Å². The third-order valence-electron chi connectivity index (χ3n) is 2.75. The van der Waals surface area contributed by atoms with Crippen LogP contribution in [0.15, 0.2) is 0 Å². The van der Waals surface area contributed by atoms with E-state index in [4.69, 9.17) is 10.5 Å². The topological polar surface area (TPSA) is 52.3 Å². The number of rotatable bonds is 3. The smallest absolute Gasteiger partial charge is 0.140 e. The van der Waals surface area contributed by atoms with E-state index in [9.17, 15) is 4.79 Å². The molecule has 0 aromatic rings. The first-order chi connectivity index (χ1) is 5.75. The Morgan fingerprint density at radius 3 is 2.50 bits per heavy atom. The normalized spacial score (nSPS) is 22.2. The second-order valence-electron chi connectivity index (χ2n) is 3.37. The summed E-state index contributed by atoms with van der Waals surface area (Å²) in [7, 11) is 0. The zero-order chi connectivity index (χ0) is 9.03. The molecular formula is C9H17NO2. The highest BCUT2D eigenvalue weighted by Gasteiger charge is 2.36. The Labute approximate surface area is 73.3 Å². The Balaban J connectivity index is 2.66. The van der Waals surface area contributed by atoms with E-state index in [1.54, 1.807) is 0 Å². The Kier molecular flexibility index (Phi) is 3.23. The van der Waals surface area contributed by atoms with Crippen molar-refractivity contribution in [1.82, 2.24) is 0 Å². The fourth-order valence-corrected chi connectivity index (χ4v) is 1.73. The van der Waals surface area contributed by atoms with Crippen LogP contribution < -0.4 is 5.73 Å². The number of hydrogen-bond donors (Lipinski definition) is 1. The van der Waals surface area contributed by atoms with Crippen LogP contribution in [0.2, 0.25) is 0 Å². The predicted molar refractivity (Wildman–Crippen MR) is 46.8 cm³/mol. The van der Waals surface area contributed by atoms with Gasteiger partial charge in [-0.15, -0.1) is 0 Å². The molecule has 1 aliphatic heterocycles. The summed E-state index contributed by atoms with van der Waals surface area (Å²) in [4.78, 5) is 11.6. The Hall–Kier alpha value is -0.410. The molecule has 1 saturated heterocycles. The molecule has 0 bridgehead atoms. The van der Waals surface area contributed by atoms with Crippen LogP contribution in [0.1, 0.15) is 26.2 Å². The molecule has 1 aliphatic rings. The standard InChI is InChI=1S/C9H17NO2/c1-2-8(11)9(7-10)3-5-12-6-4-9/h2-7,10H2,1H3. The van der Waals surface area contributed by atoms with Crippen molar-refractivity contribution in [2.75, 3.05) is 19.8 Å². The maximum atomic E-state index is 11.6. The third-order valence-corrected chi connectivity index (χ3v) is 2.75. The van der Waals surface area contributed by atoms with Gasteiger partial charge in [0.15, 0.2) is 0 Å². The van der Waals surface area contributed by atoms with Gasteiger partial charge in [-0.2, -0.15) is 0 Å². The van der Waals surface area contributed by atoms with Gasteiger partial charge in [-0.25, -0.2) is 0 Å². The molecule has 0 atom stereocenters. The van der Waals surface area contributed by atoms with Crippen molar-refractivity contribution in [1.29, 1.82) is 0 Å². The molecule has 0 amide bonds. The van der Waals surface area contributed by atoms with Crippen molar-refractivity contribution in [2.24, 2.45) is 11.1 Å². The number of ether oxygens (including phenoxy) is 1. The molecule has 3 heteroatoms. The van der Waals surface area contributed by atoms with E-state index in [0.717, 1.165) is 12.8 Å². The van der Waals surface area contributed by atoms with Crippen LogP contribution in [-0.2, 0) is 9.53 Å². The Morgan fingerprint density at radius 2 is 2.08 bits per heavy atom. The fraction of sp³-hybridized carbons (Fsp3) is 0.889. The highest BCUT2D eigenvalue weighted by Crippen LogP contribution is 2.31. The number of nitrogens with two attached hydrogens (primary N) is 1. The summed E-state index contributed by atoms with van der Waals surface area (Å²) in [6.45, 7) is 3.74. The van der Waals surface area contributed by atoms with Crippen LogP contribution in [0.25, 0.3) is 0 Å². The number of hydrogen-bond acceptors (Lipinski definition) is 3. The summed E-state index contributed by atoms with van der Waals surface area (Å²) < 4.78 is 5.21. The van der Waals surface area contributed by atoms with Gasteiger partial charge in [-0.05, 0) is 12.8 Å². The average molecular weight is 171 g/mol. The van der Waals surface area contributed by atoms with Crippen molar-refractivity contribution >= 4 is 5.78 Å². The van der Waals surface area contributed by atoms with Gasteiger partial charge in [0.1, 0.15) is 5.78 Å². The highest BCUT2D eigenvalue weighted by atomic mass is 16.5. The summed E-state index contributed by atoms with van der Waals surface area (Å²) >= 11 is 0. The minimum absolute atomic E-state index is 0.257. The van der Waals surface area contributed by atoms with Crippen molar-refractivity contribution in [3.8, 4) is 0 Å². The molecule has 1 fully saturated rings. The quantitative estimate of drug-likeness (QED) is 0.680. The van der Waals surface area contributed by atoms with Gasteiger partial charge >= 0.3 is 0 Å². The monoisotopic (exact) mass is 171 g/mol. The maximum Gasteiger partial charge on any atom is 0.140 e. The van der Waals surface area contributed by atoms with E-state index >= 15 is 0 Å². The van der Waals surface area contributed by atoms with E-state index in [2.05, 4.69) is 0 Å². The van der Waals surface area contributed by atoms with Gasteiger partial charge in [0.2, 0.25) is 0 Å². The SMILES string of the molecule is CCC(=O)C1(CN)CCOCC1. The molecule has 12 heavy (non-hydrogen) atoms. The molecule has 1 rings (SSSR count). The first-order valence-electron chi connectivity index (χ1n) is 4.56. The number of carbonyl (C=O) groups excluding carboxylic acids is 1. The second kappa shape index (κ2) is 4.01. The lowest BCUT2D eigenvalue weighted by Crippen LogP contribution is -2.43. The summed E-state index contributed by atoms with van der Waals surface area (Å²) in [5.74, 6) is 0.299. The van der Waals surface area contributed by atoms with Gasteiger partial charge in [0.25, 0.3) is 0 Å². The van der Waals surface area contributed by atoms with Crippen LogP contribution in [0, 0.1) is 5.41 Å². The zero-order valence-electron chi connectivity index (χ0n) is 7.64. The molecule has 0 radical (unpaired) electrons. The molecule has 1 heterocycles. The Morgan fingerprint density at radius 1 is 1.50 bits per heavy atom. The fourth-order valence-electron chi connectivity index (χ4n) is 1.73. The predicted octanol–water partition coefficient (Wildman–Crippen LogP) is 0.721. The molecule has 70 valence electrons. The number of carbonyl (C=O) groups is 1. The van der Waals surface area contributed by atoms with E-state index in [-0.39, 0.29) is 5.41 Å². The lowest BCUT2D eigenvalue weighted by atomic mass is 9.75. The molecule has 2 N–H and O–H groups in total. The van der Waals surface area contributed by atoms with Crippen molar-refractivity contribution in [2.45, 2.75) is 26.2 Å². The number of Topliss-reactive ketones (excluding diaryl/α,β-unsaturated/α-hetero) is 1. The molecular weight excluding hydrogens is 154 g/mol. The molecule has 0 saturated carbocycles. The summed E-state index contributed by atoms with van der Waals surface area (Å²) in [5, 5.41) is 0.